The molecule has 0 radical (unpaired) electrons. The van der Waals surface area contributed by atoms with Crippen LogP contribution in [0, 0.1) is 5.92 Å². The molecule has 0 fully saturated rings. The van der Waals surface area contributed by atoms with Crippen LogP contribution in [0.4, 0.5) is 4.79 Å². The highest BCUT2D eigenvalue weighted by Crippen LogP contribution is 2.15. The van der Waals surface area contributed by atoms with Gasteiger partial charge in [-0.15, -0.1) is 0 Å². The second-order valence-electron chi connectivity index (χ2n) is 4.35. The molecule has 0 aliphatic carbocycles. The molecule has 0 aromatic heterocycles. The molecule has 2 N–H and O–H groups in total. The summed E-state index contributed by atoms with van der Waals surface area (Å²) in [5, 5.41) is 11.3. The highest BCUT2D eigenvalue weighted by Gasteiger charge is 2.16. The normalized spacial score (nSPS) is 12.2. The van der Waals surface area contributed by atoms with Gasteiger partial charge in [0.05, 0.1) is 7.11 Å². The second kappa shape index (κ2) is 6.13. The number of carboxylic acid groups (broad SMARTS) is 1. The van der Waals surface area contributed by atoms with Crippen molar-refractivity contribution in [2.75, 3.05) is 7.11 Å². The van der Waals surface area contributed by atoms with Crippen molar-refractivity contribution in [1.29, 1.82) is 0 Å². The summed E-state index contributed by atoms with van der Waals surface area (Å²) in [4.78, 5) is 10.7. The lowest BCUT2D eigenvalue weighted by atomic mass is 9.96. The molecular formula is C13H19NO3. The minimum Gasteiger partial charge on any atom is -0.497 e. The van der Waals surface area contributed by atoms with Crippen LogP contribution in [0.5, 0.6) is 5.75 Å². The maximum absolute atomic E-state index is 10.7. The van der Waals surface area contributed by atoms with Gasteiger partial charge in [0.2, 0.25) is 0 Å². The number of carbonyl (C=O) groups is 1. The molecule has 1 amide bonds. The van der Waals surface area contributed by atoms with Gasteiger partial charge in [-0.05, 0) is 30.0 Å². The first kappa shape index (κ1) is 13.4. The molecule has 1 aromatic rings. The van der Waals surface area contributed by atoms with E-state index in [0.717, 1.165) is 11.3 Å². The molecule has 0 heterocycles. The monoisotopic (exact) mass is 237 g/mol. The Morgan fingerprint density at radius 3 is 2.35 bits per heavy atom. The smallest absolute Gasteiger partial charge is 0.404 e. The summed E-state index contributed by atoms with van der Waals surface area (Å²) in [6.45, 7) is 4.01. The van der Waals surface area contributed by atoms with Crippen LogP contribution in [-0.2, 0) is 6.42 Å². The Morgan fingerprint density at radius 2 is 1.94 bits per heavy atom. The molecule has 94 valence electrons. The average molecular weight is 237 g/mol. The zero-order chi connectivity index (χ0) is 12.8. The maximum Gasteiger partial charge on any atom is 0.404 e. The summed E-state index contributed by atoms with van der Waals surface area (Å²) >= 11 is 0. The van der Waals surface area contributed by atoms with Gasteiger partial charge >= 0.3 is 6.09 Å². The van der Waals surface area contributed by atoms with Crippen molar-refractivity contribution in [3.63, 3.8) is 0 Å². The minimum absolute atomic E-state index is 0.0686. The molecule has 4 nitrogen and oxygen atoms in total. The number of nitrogens with one attached hydrogen (secondary N) is 1. The van der Waals surface area contributed by atoms with E-state index in [1.165, 1.54) is 0 Å². The summed E-state index contributed by atoms with van der Waals surface area (Å²) in [5.41, 5.74) is 1.10. The zero-order valence-corrected chi connectivity index (χ0v) is 10.4. The van der Waals surface area contributed by atoms with Gasteiger partial charge < -0.3 is 15.2 Å². The number of ether oxygens (including phenoxy) is 1. The molecular weight excluding hydrogens is 218 g/mol. The van der Waals surface area contributed by atoms with Crippen LogP contribution in [0.2, 0.25) is 0 Å². The van der Waals surface area contributed by atoms with Gasteiger partial charge in [-0.3, -0.25) is 0 Å². The van der Waals surface area contributed by atoms with Crippen LogP contribution in [0.1, 0.15) is 19.4 Å². The van der Waals surface area contributed by atoms with E-state index >= 15 is 0 Å². The van der Waals surface area contributed by atoms with Crippen LogP contribution in [0.3, 0.4) is 0 Å². The average Bonchev–Trinajstić information content (AvgIpc) is 2.28. The SMILES string of the molecule is COc1ccc(CC(NC(=O)O)C(C)C)cc1. The van der Waals surface area contributed by atoms with Gasteiger partial charge in [0.25, 0.3) is 0 Å². The fraction of sp³-hybridized carbons (Fsp3) is 0.462. The van der Waals surface area contributed by atoms with E-state index in [9.17, 15) is 4.79 Å². The third kappa shape index (κ3) is 4.34. The molecule has 1 unspecified atom stereocenters. The Kier molecular flexibility index (Phi) is 4.82. The van der Waals surface area contributed by atoms with Crippen molar-refractivity contribution < 1.29 is 14.6 Å². The van der Waals surface area contributed by atoms with Crippen molar-refractivity contribution in [3.05, 3.63) is 29.8 Å². The third-order valence-corrected chi connectivity index (χ3v) is 2.73. The molecule has 0 spiro atoms. The van der Waals surface area contributed by atoms with E-state index in [-0.39, 0.29) is 12.0 Å². The van der Waals surface area contributed by atoms with E-state index in [1.54, 1.807) is 7.11 Å². The Balaban J connectivity index is 2.68. The lowest BCUT2D eigenvalue weighted by Gasteiger charge is -2.20. The highest BCUT2D eigenvalue weighted by molar-refractivity contribution is 5.64. The van der Waals surface area contributed by atoms with Crippen LogP contribution in [-0.4, -0.2) is 24.4 Å². The molecule has 0 aliphatic rings. The zero-order valence-electron chi connectivity index (χ0n) is 10.4. The predicted molar refractivity (Wildman–Crippen MR) is 66.5 cm³/mol. The quantitative estimate of drug-likeness (QED) is 0.827. The van der Waals surface area contributed by atoms with Crippen molar-refractivity contribution in [2.24, 2.45) is 5.92 Å². The Labute approximate surface area is 102 Å². The standard InChI is InChI=1S/C13H19NO3/c1-9(2)12(14-13(15)16)8-10-4-6-11(17-3)7-5-10/h4-7,9,12,14H,8H2,1-3H3,(H,15,16). The van der Waals surface area contributed by atoms with Gasteiger partial charge in [0, 0.05) is 6.04 Å². The first-order chi connectivity index (χ1) is 8.02. The lowest BCUT2D eigenvalue weighted by molar-refractivity contribution is 0.185. The fourth-order valence-corrected chi connectivity index (χ4v) is 1.63. The van der Waals surface area contributed by atoms with Crippen LogP contribution in [0.15, 0.2) is 24.3 Å². The molecule has 0 bridgehead atoms. The molecule has 4 heteroatoms. The number of benzene rings is 1. The molecule has 1 atom stereocenters. The molecule has 17 heavy (non-hydrogen) atoms. The topological polar surface area (TPSA) is 58.6 Å². The molecule has 1 aromatic carbocycles. The van der Waals surface area contributed by atoms with Gasteiger partial charge in [-0.1, -0.05) is 26.0 Å². The van der Waals surface area contributed by atoms with Crippen molar-refractivity contribution in [1.82, 2.24) is 5.32 Å². The Hall–Kier alpha value is -1.71. The Bertz CT molecular complexity index is 359. The number of methoxy groups -OCH3 is 1. The molecule has 0 saturated heterocycles. The van der Waals surface area contributed by atoms with Crippen molar-refractivity contribution in [3.8, 4) is 5.75 Å². The van der Waals surface area contributed by atoms with E-state index in [1.807, 2.05) is 38.1 Å². The maximum atomic E-state index is 10.7. The third-order valence-electron chi connectivity index (χ3n) is 2.73. The Morgan fingerprint density at radius 1 is 1.35 bits per heavy atom. The fourth-order valence-electron chi connectivity index (χ4n) is 1.63. The van der Waals surface area contributed by atoms with Gasteiger partial charge in [-0.25, -0.2) is 4.79 Å². The van der Waals surface area contributed by atoms with Gasteiger partial charge in [0.15, 0.2) is 0 Å². The van der Waals surface area contributed by atoms with Gasteiger partial charge in [0.1, 0.15) is 5.75 Å². The number of rotatable bonds is 5. The lowest BCUT2D eigenvalue weighted by Crippen LogP contribution is -2.39. The second-order valence-corrected chi connectivity index (χ2v) is 4.35. The van der Waals surface area contributed by atoms with E-state index in [4.69, 9.17) is 9.84 Å². The summed E-state index contributed by atoms with van der Waals surface area (Å²) in [6, 6.07) is 7.61. The summed E-state index contributed by atoms with van der Waals surface area (Å²) in [5.74, 6) is 1.06. The number of hydrogen-bond donors (Lipinski definition) is 2. The first-order valence-corrected chi connectivity index (χ1v) is 5.65. The summed E-state index contributed by atoms with van der Waals surface area (Å²) in [7, 11) is 1.62. The van der Waals surface area contributed by atoms with E-state index in [2.05, 4.69) is 5.32 Å². The summed E-state index contributed by atoms with van der Waals surface area (Å²) in [6.07, 6.45) is -0.286. The summed E-state index contributed by atoms with van der Waals surface area (Å²) < 4.78 is 5.08. The van der Waals surface area contributed by atoms with Crippen molar-refractivity contribution in [2.45, 2.75) is 26.3 Å². The van der Waals surface area contributed by atoms with Crippen LogP contribution < -0.4 is 10.1 Å². The molecule has 1 rings (SSSR count). The largest absolute Gasteiger partial charge is 0.497 e. The molecule has 0 aliphatic heterocycles. The van der Waals surface area contributed by atoms with E-state index < -0.39 is 6.09 Å². The van der Waals surface area contributed by atoms with Crippen molar-refractivity contribution >= 4 is 6.09 Å². The molecule has 0 saturated carbocycles. The van der Waals surface area contributed by atoms with Gasteiger partial charge in [-0.2, -0.15) is 0 Å². The highest BCUT2D eigenvalue weighted by atomic mass is 16.5. The minimum atomic E-state index is -0.975. The predicted octanol–water partition coefficient (Wildman–Crippen LogP) is 2.53. The number of hydrogen-bond acceptors (Lipinski definition) is 2. The van der Waals surface area contributed by atoms with Crippen LogP contribution in [0.25, 0.3) is 0 Å². The first-order valence-electron chi connectivity index (χ1n) is 5.65. The number of amides is 1. The van der Waals surface area contributed by atoms with E-state index in [0.29, 0.717) is 6.42 Å². The van der Waals surface area contributed by atoms with Crippen LogP contribution >= 0.6 is 0 Å².